The third kappa shape index (κ3) is 4.20. The van der Waals surface area contributed by atoms with Crippen LogP contribution in [0.5, 0.6) is 0 Å². The van der Waals surface area contributed by atoms with Crippen LogP contribution >= 0.6 is 0 Å². The zero-order valence-electron chi connectivity index (χ0n) is 11.2. The molecule has 1 aliphatic heterocycles. The van der Waals surface area contributed by atoms with Gasteiger partial charge in [-0.15, -0.1) is 0 Å². The zero-order chi connectivity index (χ0) is 15.5. The van der Waals surface area contributed by atoms with Gasteiger partial charge in [-0.3, -0.25) is 14.3 Å². The Morgan fingerprint density at radius 2 is 1.95 bits per heavy atom. The average Bonchev–Trinajstić information content (AvgIpc) is 3.05. The molecule has 116 valence electrons. The summed E-state index contributed by atoms with van der Waals surface area (Å²) in [5.41, 5.74) is -1.05. The van der Waals surface area contributed by atoms with Gasteiger partial charge in [0.2, 0.25) is 11.8 Å². The Hall–Kier alpha value is -2.06. The van der Waals surface area contributed by atoms with E-state index in [0.29, 0.717) is 13.1 Å². The number of hydrogen-bond donors (Lipinski definition) is 1. The maximum Gasteiger partial charge on any atom is 0.435 e. The number of nitrogens with zero attached hydrogens (tertiary/aromatic N) is 3. The molecule has 0 aliphatic carbocycles. The molecule has 1 saturated heterocycles. The second kappa shape index (κ2) is 6.15. The molecule has 0 spiro atoms. The van der Waals surface area contributed by atoms with E-state index < -0.39 is 17.8 Å². The molecule has 2 heterocycles. The third-order valence-electron chi connectivity index (χ3n) is 3.13. The molecule has 21 heavy (non-hydrogen) atoms. The van der Waals surface area contributed by atoms with E-state index >= 15 is 0 Å². The molecule has 1 fully saturated rings. The number of carbonyl (C=O) groups is 2. The topological polar surface area (TPSA) is 67.2 Å². The van der Waals surface area contributed by atoms with Crippen LogP contribution in [0.15, 0.2) is 12.3 Å². The number of likely N-dealkylation sites (tertiary alicyclic amines) is 1. The Labute approximate surface area is 118 Å². The first-order valence-corrected chi connectivity index (χ1v) is 6.51. The van der Waals surface area contributed by atoms with Gasteiger partial charge in [-0.25, -0.2) is 0 Å². The minimum absolute atomic E-state index is 0.147. The summed E-state index contributed by atoms with van der Waals surface area (Å²) in [6, 6.07) is 0.794. The van der Waals surface area contributed by atoms with Gasteiger partial charge in [0.15, 0.2) is 5.69 Å². The van der Waals surface area contributed by atoms with Gasteiger partial charge in [0.1, 0.15) is 6.54 Å². The molecule has 1 aliphatic rings. The van der Waals surface area contributed by atoms with Crippen LogP contribution < -0.4 is 5.32 Å². The van der Waals surface area contributed by atoms with E-state index in [-0.39, 0.29) is 19.0 Å². The second-order valence-corrected chi connectivity index (χ2v) is 4.76. The van der Waals surface area contributed by atoms with Gasteiger partial charge in [0.25, 0.3) is 0 Å². The van der Waals surface area contributed by atoms with Crippen LogP contribution in [0.25, 0.3) is 0 Å². The van der Waals surface area contributed by atoms with E-state index in [1.807, 2.05) is 0 Å². The van der Waals surface area contributed by atoms with Gasteiger partial charge < -0.3 is 10.2 Å². The maximum atomic E-state index is 12.3. The van der Waals surface area contributed by atoms with Crippen molar-refractivity contribution < 1.29 is 22.8 Å². The Bertz CT molecular complexity index is 521. The molecule has 0 radical (unpaired) electrons. The minimum atomic E-state index is -4.53. The van der Waals surface area contributed by atoms with Gasteiger partial charge in [0.05, 0.1) is 6.54 Å². The lowest BCUT2D eigenvalue weighted by Crippen LogP contribution is -2.39. The number of rotatable bonds is 4. The van der Waals surface area contributed by atoms with Crippen LogP contribution in [0.4, 0.5) is 13.2 Å². The molecule has 2 rings (SSSR count). The number of alkyl halides is 3. The molecule has 0 aromatic carbocycles. The lowest BCUT2D eigenvalue weighted by Gasteiger charge is -2.15. The van der Waals surface area contributed by atoms with Crippen LogP contribution in [0.3, 0.4) is 0 Å². The van der Waals surface area contributed by atoms with Crippen LogP contribution in [0, 0.1) is 0 Å². The highest BCUT2D eigenvalue weighted by Gasteiger charge is 2.33. The van der Waals surface area contributed by atoms with E-state index in [1.54, 1.807) is 4.90 Å². The Balaban J connectivity index is 1.79. The minimum Gasteiger partial charge on any atom is -0.345 e. The molecule has 0 atom stereocenters. The second-order valence-electron chi connectivity index (χ2n) is 4.76. The lowest BCUT2D eigenvalue weighted by molar-refractivity contribution is -0.141. The quantitative estimate of drug-likeness (QED) is 0.887. The van der Waals surface area contributed by atoms with Crippen molar-refractivity contribution >= 4 is 11.8 Å². The number of aromatic nitrogens is 2. The Morgan fingerprint density at radius 3 is 2.52 bits per heavy atom. The van der Waals surface area contributed by atoms with Gasteiger partial charge >= 0.3 is 6.18 Å². The molecule has 0 saturated carbocycles. The highest BCUT2D eigenvalue weighted by Crippen LogP contribution is 2.27. The molecule has 1 N–H and O–H groups in total. The Kier molecular flexibility index (Phi) is 4.49. The van der Waals surface area contributed by atoms with Crippen LogP contribution in [0.1, 0.15) is 18.5 Å². The predicted molar refractivity (Wildman–Crippen MR) is 66.1 cm³/mol. The van der Waals surface area contributed by atoms with Crippen molar-refractivity contribution in [1.29, 1.82) is 0 Å². The van der Waals surface area contributed by atoms with Gasteiger partial charge in [-0.1, -0.05) is 0 Å². The number of carbonyl (C=O) groups excluding carboxylic acids is 2. The first-order chi connectivity index (χ1) is 9.86. The molecular formula is C12H15F3N4O2. The summed E-state index contributed by atoms with van der Waals surface area (Å²) in [6.07, 6.45) is -1.56. The molecule has 0 unspecified atom stereocenters. The molecule has 1 aromatic rings. The zero-order valence-corrected chi connectivity index (χ0v) is 11.2. The smallest absolute Gasteiger partial charge is 0.345 e. The molecule has 0 bridgehead atoms. The molecule has 2 amide bonds. The van der Waals surface area contributed by atoms with Crippen molar-refractivity contribution in [2.24, 2.45) is 0 Å². The van der Waals surface area contributed by atoms with E-state index in [2.05, 4.69) is 10.4 Å². The highest BCUT2D eigenvalue weighted by molar-refractivity contribution is 5.84. The highest BCUT2D eigenvalue weighted by atomic mass is 19.4. The Morgan fingerprint density at radius 1 is 1.29 bits per heavy atom. The number of amides is 2. The molecule has 9 heteroatoms. The maximum absolute atomic E-state index is 12.3. The summed E-state index contributed by atoms with van der Waals surface area (Å²) in [6.45, 7) is 0.862. The van der Waals surface area contributed by atoms with Crippen molar-refractivity contribution in [1.82, 2.24) is 20.0 Å². The summed E-state index contributed by atoms with van der Waals surface area (Å²) in [4.78, 5) is 24.9. The van der Waals surface area contributed by atoms with Crippen LogP contribution in [-0.2, 0) is 22.3 Å². The van der Waals surface area contributed by atoms with Crippen LogP contribution in [0.2, 0.25) is 0 Å². The SMILES string of the molecule is O=C(Cn1ccc(C(F)(F)F)n1)NCC(=O)N1CCCC1. The number of halogens is 3. The fourth-order valence-electron chi connectivity index (χ4n) is 2.06. The average molecular weight is 304 g/mol. The van der Waals surface area contributed by atoms with Crippen molar-refractivity contribution in [3.05, 3.63) is 18.0 Å². The fraction of sp³-hybridized carbons (Fsp3) is 0.583. The third-order valence-corrected chi connectivity index (χ3v) is 3.13. The molecule has 6 nitrogen and oxygen atoms in total. The summed E-state index contributed by atoms with van der Waals surface area (Å²) in [7, 11) is 0. The van der Waals surface area contributed by atoms with E-state index in [9.17, 15) is 22.8 Å². The normalized spacial score (nSPS) is 15.3. The van der Waals surface area contributed by atoms with E-state index in [0.717, 1.165) is 29.8 Å². The largest absolute Gasteiger partial charge is 0.435 e. The van der Waals surface area contributed by atoms with Crippen LogP contribution in [-0.4, -0.2) is 46.1 Å². The van der Waals surface area contributed by atoms with Gasteiger partial charge in [0, 0.05) is 19.3 Å². The number of hydrogen-bond acceptors (Lipinski definition) is 3. The van der Waals surface area contributed by atoms with Crippen molar-refractivity contribution in [2.45, 2.75) is 25.6 Å². The lowest BCUT2D eigenvalue weighted by atomic mass is 10.4. The van der Waals surface area contributed by atoms with E-state index in [4.69, 9.17) is 0 Å². The predicted octanol–water partition coefficient (Wildman–Crippen LogP) is 0.640. The summed E-state index contributed by atoms with van der Waals surface area (Å²) < 4.78 is 37.9. The van der Waals surface area contributed by atoms with Gasteiger partial charge in [-0.2, -0.15) is 18.3 Å². The number of nitrogens with one attached hydrogen (secondary N) is 1. The first-order valence-electron chi connectivity index (χ1n) is 6.51. The summed E-state index contributed by atoms with van der Waals surface area (Å²) >= 11 is 0. The standard InChI is InChI=1S/C12H15F3N4O2/c13-12(14,15)9-3-6-19(17-9)8-10(20)16-7-11(21)18-4-1-2-5-18/h3,6H,1-2,4-5,7-8H2,(H,16,20). The monoisotopic (exact) mass is 304 g/mol. The molecule has 1 aromatic heterocycles. The first kappa shape index (κ1) is 15.3. The van der Waals surface area contributed by atoms with E-state index in [1.165, 1.54) is 0 Å². The van der Waals surface area contributed by atoms with Gasteiger partial charge in [-0.05, 0) is 18.9 Å². The summed E-state index contributed by atoms with van der Waals surface area (Å²) in [5, 5.41) is 5.65. The van der Waals surface area contributed by atoms with Crippen molar-refractivity contribution in [3.8, 4) is 0 Å². The fourth-order valence-corrected chi connectivity index (χ4v) is 2.06. The van der Waals surface area contributed by atoms with Crippen molar-refractivity contribution in [2.75, 3.05) is 19.6 Å². The molecular weight excluding hydrogens is 289 g/mol. The van der Waals surface area contributed by atoms with Crippen molar-refractivity contribution in [3.63, 3.8) is 0 Å². The summed E-state index contributed by atoms with van der Waals surface area (Å²) in [5.74, 6) is -0.739.